The highest BCUT2D eigenvalue weighted by molar-refractivity contribution is 6.30. The normalized spacial score (nSPS) is 22.7. The predicted octanol–water partition coefficient (Wildman–Crippen LogP) is 1.83. The zero-order chi connectivity index (χ0) is 13.4. The van der Waals surface area contributed by atoms with Crippen LogP contribution in [0.2, 0.25) is 5.02 Å². The molecular weight excluding hydrogens is 264 g/mol. The number of carbonyl (C=O) groups is 2. The first-order valence-corrected chi connectivity index (χ1v) is 6.87. The van der Waals surface area contributed by atoms with E-state index < -0.39 is 0 Å². The van der Waals surface area contributed by atoms with Crippen molar-refractivity contribution in [3.8, 4) is 0 Å². The Morgan fingerprint density at radius 1 is 1.37 bits per heavy atom. The second-order valence-electron chi connectivity index (χ2n) is 5.16. The van der Waals surface area contributed by atoms with Crippen LogP contribution in [0, 0.1) is 0 Å². The lowest BCUT2D eigenvalue weighted by molar-refractivity contribution is -0.128. The summed E-state index contributed by atoms with van der Waals surface area (Å²) in [5.41, 5.74) is 0.532. The van der Waals surface area contributed by atoms with Gasteiger partial charge in [0.1, 0.15) is 0 Å². The number of hydrogen-bond donors (Lipinski definition) is 1. The molecule has 0 radical (unpaired) electrons. The molecule has 1 aromatic rings. The van der Waals surface area contributed by atoms with Crippen LogP contribution in [-0.2, 0) is 4.79 Å². The first kappa shape index (κ1) is 12.5. The first-order chi connectivity index (χ1) is 9.13. The second kappa shape index (κ2) is 4.85. The average Bonchev–Trinajstić information content (AvgIpc) is 3.14. The molecule has 1 heterocycles. The third kappa shape index (κ3) is 2.73. The number of rotatable bonds is 3. The van der Waals surface area contributed by atoms with Gasteiger partial charge in [-0.15, -0.1) is 0 Å². The van der Waals surface area contributed by atoms with Gasteiger partial charge in [0.15, 0.2) is 0 Å². The van der Waals surface area contributed by atoms with E-state index in [1.165, 1.54) is 0 Å². The minimum Gasteiger partial charge on any atom is -0.347 e. The van der Waals surface area contributed by atoms with Gasteiger partial charge in [-0.25, -0.2) is 0 Å². The fourth-order valence-corrected chi connectivity index (χ4v) is 2.66. The summed E-state index contributed by atoms with van der Waals surface area (Å²) in [6.07, 6.45) is 2.60. The van der Waals surface area contributed by atoms with Crippen LogP contribution in [0.3, 0.4) is 0 Å². The van der Waals surface area contributed by atoms with Crippen LogP contribution in [0.1, 0.15) is 29.6 Å². The Balaban J connectivity index is 1.62. The van der Waals surface area contributed by atoms with Gasteiger partial charge in [-0.1, -0.05) is 17.7 Å². The molecule has 3 rings (SSSR count). The van der Waals surface area contributed by atoms with E-state index in [9.17, 15) is 9.59 Å². The maximum absolute atomic E-state index is 12.1. The number of nitrogens with zero attached hydrogens (tertiary/aromatic N) is 1. The van der Waals surface area contributed by atoms with Gasteiger partial charge in [-0.2, -0.15) is 0 Å². The lowest BCUT2D eigenvalue weighted by atomic mass is 10.2. The maximum Gasteiger partial charge on any atom is 0.251 e. The number of amides is 2. The van der Waals surface area contributed by atoms with Crippen molar-refractivity contribution in [2.24, 2.45) is 0 Å². The molecule has 2 fully saturated rings. The van der Waals surface area contributed by atoms with Crippen molar-refractivity contribution in [3.05, 3.63) is 34.9 Å². The summed E-state index contributed by atoms with van der Waals surface area (Å²) in [5.74, 6) is -0.0168. The fourth-order valence-electron chi connectivity index (χ4n) is 2.47. The molecule has 1 aliphatic heterocycles. The monoisotopic (exact) mass is 278 g/mol. The Bertz CT molecular complexity index is 528. The van der Waals surface area contributed by atoms with Crippen molar-refractivity contribution >= 4 is 23.4 Å². The smallest absolute Gasteiger partial charge is 0.251 e. The van der Waals surface area contributed by atoms with Crippen LogP contribution in [-0.4, -0.2) is 35.3 Å². The summed E-state index contributed by atoms with van der Waals surface area (Å²) in [6.45, 7) is 0.635. The van der Waals surface area contributed by atoms with E-state index >= 15 is 0 Å². The molecule has 2 aliphatic rings. The Morgan fingerprint density at radius 3 is 2.84 bits per heavy atom. The molecular formula is C14H15ClN2O2. The number of benzene rings is 1. The van der Waals surface area contributed by atoms with Gasteiger partial charge in [-0.05, 0) is 31.0 Å². The molecule has 1 aliphatic carbocycles. The first-order valence-electron chi connectivity index (χ1n) is 6.49. The maximum atomic E-state index is 12.1. The molecule has 0 bridgehead atoms. The van der Waals surface area contributed by atoms with Crippen molar-refractivity contribution in [2.45, 2.75) is 31.3 Å². The van der Waals surface area contributed by atoms with E-state index in [-0.39, 0.29) is 17.9 Å². The summed E-state index contributed by atoms with van der Waals surface area (Å²) >= 11 is 5.86. The Hall–Kier alpha value is -1.55. The molecule has 4 nitrogen and oxygen atoms in total. The predicted molar refractivity (Wildman–Crippen MR) is 72.1 cm³/mol. The van der Waals surface area contributed by atoms with Crippen LogP contribution >= 0.6 is 11.6 Å². The molecule has 2 amide bonds. The van der Waals surface area contributed by atoms with Crippen molar-refractivity contribution in [1.82, 2.24) is 10.2 Å². The molecule has 1 saturated heterocycles. The molecule has 1 aromatic carbocycles. The molecule has 1 unspecified atom stereocenters. The number of halogens is 1. The molecule has 1 saturated carbocycles. The molecule has 5 heteroatoms. The molecule has 100 valence electrons. The number of nitrogens with one attached hydrogen (secondary N) is 1. The largest absolute Gasteiger partial charge is 0.347 e. The summed E-state index contributed by atoms with van der Waals surface area (Å²) in [7, 11) is 0. The van der Waals surface area contributed by atoms with E-state index in [4.69, 9.17) is 11.6 Å². The lowest BCUT2D eigenvalue weighted by Gasteiger charge is -2.16. The fraction of sp³-hybridized carbons (Fsp3) is 0.429. The molecule has 0 spiro atoms. The summed E-state index contributed by atoms with van der Waals surface area (Å²) < 4.78 is 0. The highest BCUT2D eigenvalue weighted by atomic mass is 35.5. The van der Waals surface area contributed by atoms with Crippen LogP contribution in [0.5, 0.6) is 0 Å². The third-order valence-corrected chi connectivity index (χ3v) is 3.80. The lowest BCUT2D eigenvalue weighted by Crippen LogP contribution is -2.37. The van der Waals surface area contributed by atoms with Crippen molar-refractivity contribution in [2.75, 3.05) is 6.54 Å². The van der Waals surface area contributed by atoms with Gasteiger partial charge in [0.25, 0.3) is 5.91 Å². The number of carbonyl (C=O) groups excluding carboxylic acids is 2. The molecule has 19 heavy (non-hydrogen) atoms. The zero-order valence-corrected chi connectivity index (χ0v) is 11.2. The van der Waals surface area contributed by atoms with Crippen molar-refractivity contribution in [1.29, 1.82) is 0 Å². The summed E-state index contributed by atoms with van der Waals surface area (Å²) in [6, 6.07) is 7.16. The van der Waals surface area contributed by atoms with E-state index in [0.717, 1.165) is 12.8 Å². The minimum atomic E-state index is -0.169. The SMILES string of the molecule is O=C(NC1CC(=O)N(C2CC2)C1)c1cccc(Cl)c1. The average molecular weight is 279 g/mol. The highest BCUT2D eigenvalue weighted by Gasteiger charge is 2.39. The number of likely N-dealkylation sites (tertiary alicyclic amines) is 1. The summed E-state index contributed by atoms with van der Waals surface area (Å²) in [5, 5.41) is 3.44. The van der Waals surface area contributed by atoms with Gasteiger partial charge in [-0.3, -0.25) is 9.59 Å². The summed E-state index contributed by atoms with van der Waals surface area (Å²) in [4.78, 5) is 25.7. The highest BCUT2D eigenvalue weighted by Crippen LogP contribution is 2.30. The van der Waals surface area contributed by atoms with Gasteiger partial charge in [0, 0.05) is 29.6 Å². The van der Waals surface area contributed by atoms with Gasteiger partial charge in [0.05, 0.1) is 6.04 Å². The Kier molecular flexibility index (Phi) is 3.19. The quantitative estimate of drug-likeness (QED) is 0.917. The Labute approximate surface area is 116 Å². The number of hydrogen-bond acceptors (Lipinski definition) is 2. The van der Waals surface area contributed by atoms with E-state index in [0.29, 0.717) is 29.6 Å². The minimum absolute atomic E-state index is 0.0837. The topological polar surface area (TPSA) is 49.4 Å². The standard InChI is InChI=1S/C14H15ClN2O2/c15-10-3-1-2-9(6-10)14(19)16-11-7-13(18)17(8-11)12-4-5-12/h1-3,6,11-12H,4-5,7-8H2,(H,16,19). The van der Waals surface area contributed by atoms with Crippen LogP contribution in [0.15, 0.2) is 24.3 Å². The van der Waals surface area contributed by atoms with Crippen molar-refractivity contribution in [3.63, 3.8) is 0 Å². The Morgan fingerprint density at radius 2 is 2.16 bits per heavy atom. The third-order valence-electron chi connectivity index (χ3n) is 3.57. The van der Waals surface area contributed by atoms with Gasteiger partial charge < -0.3 is 10.2 Å². The molecule has 1 atom stereocenters. The molecule has 0 aromatic heterocycles. The van der Waals surface area contributed by atoms with Crippen LogP contribution in [0.4, 0.5) is 0 Å². The van der Waals surface area contributed by atoms with Crippen LogP contribution < -0.4 is 5.32 Å². The van der Waals surface area contributed by atoms with Crippen LogP contribution in [0.25, 0.3) is 0 Å². The second-order valence-corrected chi connectivity index (χ2v) is 5.60. The zero-order valence-electron chi connectivity index (χ0n) is 10.4. The van der Waals surface area contributed by atoms with Gasteiger partial charge >= 0.3 is 0 Å². The van der Waals surface area contributed by atoms with E-state index in [2.05, 4.69) is 5.32 Å². The molecule has 1 N–H and O–H groups in total. The van der Waals surface area contributed by atoms with E-state index in [1.807, 2.05) is 4.90 Å². The van der Waals surface area contributed by atoms with E-state index in [1.54, 1.807) is 24.3 Å². The van der Waals surface area contributed by atoms with Crippen molar-refractivity contribution < 1.29 is 9.59 Å². The van der Waals surface area contributed by atoms with Gasteiger partial charge in [0.2, 0.25) is 5.91 Å².